The van der Waals surface area contributed by atoms with Crippen molar-refractivity contribution in [2.45, 2.75) is 51.6 Å². The van der Waals surface area contributed by atoms with Crippen molar-refractivity contribution < 1.29 is 9.53 Å². The molecule has 5 nitrogen and oxygen atoms in total. The first-order valence-corrected chi connectivity index (χ1v) is 9.46. The van der Waals surface area contributed by atoms with E-state index in [-0.39, 0.29) is 11.9 Å². The molecule has 0 radical (unpaired) electrons. The first-order chi connectivity index (χ1) is 12.6. The van der Waals surface area contributed by atoms with Crippen LogP contribution in [0.1, 0.15) is 44.7 Å². The molecule has 6 heteroatoms. The molecular formula is C20H22ClN3O2. The van der Waals surface area contributed by atoms with E-state index < -0.39 is 0 Å². The van der Waals surface area contributed by atoms with Crippen LogP contribution in [0.2, 0.25) is 0 Å². The molecule has 1 fully saturated rings. The third-order valence-corrected chi connectivity index (χ3v) is 5.26. The highest BCUT2D eigenvalue weighted by atomic mass is 35.5. The second-order valence-corrected chi connectivity index (χ2v) is 7.29. The van der Waals surface area contributed by atoms with E-state index in [9.17, 15) is 4.79 Å². The fourth-order valence-corrected chi connectivity index (χ4v) is 3.81. The summed E-state index contributed by atoms with van der Waals surface area (Å²) < 4.78 is 7.93. The van der Waals surface area contributed by atoms with E-state index in [1.165, 1.54) is 24.6 Å². The lowest BCUT2D eigenvalue weighted by Crippen LogP contribution is -2.40. The van der Waals surface area contributed by atoms with Crippen LogP contribution in [0.15, 0.2) is 36.3 Å². The Labute approximate surface area is 158 Å². The minimum atomic E-state index is 0.0478. The molecule has 1 aliphatic carbocycles. The van der Waals surface area contributed by atoms with Crippen molar-refractivity contribution in [3.63, 3.8) is 0 Å². The van der Waals surface area contributed by atoms with E-state index in [4.69, 9.17) is 16.3 Å². The SMILES string of the molecule is CC(=O)N1c2ccc(-c3cnn(C4CC4)c3)c(OC=CCl)c2CC[C@@H]1C. The van der Waals surface area contributed by atoms with E-state index in [0.717, 1.165) is 41.0 Å². The fourth-order valence-electron chi connectivity index (χ4n) is 3.76. The normalized spacial score (nSPS) is 19.7. The van der Waals surface area contributed by atoms with Gasteiger partial charge in [0.1, 0.15) is 12.0 Å². The molecule has 1 aliphatic heterocycles. The molecule has 1 atom stereocenters. The van der Waals surface area contributed by atoms with Crippen LogP contribution in [0.3, 0.4) is 0 Å². The largest absolute Gasteiger partial charge is 0.463 e. The Morgan fingerprint density at radius 2 is 2.15 bits per heavy atom. The number of halogens is 1. The summed E-state index contributed by atoms with van der Waals surface area (Å²) in [5.41, 5.74) is 5.32. The quantitative estimate of drug-likeness (QED) is 0.734. The summed E-state index contributed by atoms with van der Waals surface area (Å²) >= 11 is 5.70. The second kappa shape index (κ2) is 6.80. The van der Waals surface area contributed by atoms with Crippen LogP contribution in [0.4, 0.5) is 5.69 Å². The van der Waals surface area contributed by atoms with Gasteiger partial charge in [-0.2, -0.15) is 5.10 Å². The molecule has 1 amide bonds. The molecular weight excluding hydrogens is 350 g/mol. The Bertz CT molecular complexity index is 870. The molecule has 1 saturated carbocycles. The number of rotatable bonds is 4. The topological polar surface area (TPSA) is 47.4 Å². The van der Waals surface area contributed by atoms with Crippen LogP contribution >= 0.6 is 11.6 Å². The van der Waals surface area contributed by atoms with E-state index in [1.807, 2.05) is 27.9 Å². The van der Waals surface area contributed by atoms with Crippen molar-refractivity contribution in [1.82, 2.24) is 9.78 Å². The Kier molecular flexibility index (Phi) is 4.49. The number of hydrogen-bond donors (Lipinski definition) is 0. The molecule has 136 valence electrons. The number of hydrogen-bond acceptors (Lipinski definition) is 3. The van der Waals surface area contributed by atoms with Crippen LogP contribution in [-0.4, -0.2) is 21.7 Å². The van der Waals surface area contributed by atoms with Crippen LogP contribution in [0, 0.1) is 0 Å². The average Bonchev–Trinajstić information content (AvgIpc) is 3.36. The zero-order valence-corrected chi connectivity index (χ0v) is 15.7. The number of nitrogens with zero attached hydrogens (tertiary/aromatic N) is 3. The molecule has 0 bridgehead atoms. The summed E-state index contributed by atoms with van der Waals surface area (Å²) in [7, 11) is 0. The Morgan fingerprint density at radius 1 is 1.35 bits per heavy atom. The monoisotopic (exact) mass is 371 g/mol. The summed E-state index contributed by atoms with van der Waals surface area (Å²) in [5, 5.41) is 4.50. The number of carbonyl (C=O) groups excluding carboxylic acids is 1. The first-order valence-electron chi connectivity index (χ1n) is 9.02. The zero-order valence-electron chi connectivity index (χ0n) is 15.0. The fraction of sp³-hybridized carbons (Fsp3) is 0.400. The highest BCUT2D eigenvalue weighted by Gasteiger charge is 2.30. The van der Waals surface area contributed by atoms with Gasteiger partial charge in [-0.3, -0.25) is 9.48 Å². The third-order valence-electron chi connectivity index (χ3n) is 5.16. The van der Waals surface area contributed by atoms with Crippen molar-refractivity contribution in [3.8, 4) is 16.9 Å². The van der Waals surface area contributed by atoms with E-state index in [1.54, 1.807) is 6.92 Å². The maximum atomic E-state index is 12.2. The van der Waals surface area contributed by atoms with Gasteiger partial charge in [-0.1, -0.05) is 11.6 Å². The average molecular weight is 372 g/mol. The molecule has 2 aliphatic rings. The van der Waals surface area contributed by atoms with Gasteiger partial charge >= 0.3 is 0 Å². The minimum absolute atomic E-state index is 0.0478. The third kappa shape index (κ3) is 3.01. The molecule has 1 aromatic heterocycles. The lowest BCUT2D eigenvalue weighted by atomic mass is 9.92. The standard InChI is InChI=1S/C20H22ClN3O2/c1-13-3-6-18-19(24(13)14(2)25)8-7-17(20(18)26-10-9-21)15-11-22-23(12-15)16-4-5-16/h7-13,16H,3-6H2,1-2H3/t13-/m0/s1. The van der Waals surface area contributed by atoms with Gasteiger partial charge in [0.15, 0.2) is 0 Å². The summed E-state index contributed by atoms with van der Waals surface area (Å²) in [6.07, 6.45) is 9.57. The second-order valence-electron chi connectivity index (χ2n) is 7.04. The smallest absolute Gasteiger partial charge is 0.224 e. The zero-order chi connectivity index (χ0) is 18.3. The Hall–Kier alpha value is -2.27. The predicted molar refractivity (Wildman–Crippen MR) is 102 cm³/mol. The van der Waals surface area contributed by atoms with Gasteiger partial charge in [0.05, 0.1) is 17.9 Å². The summed E-state index contributed by atoms with van der Waals surface area (Å²) in [6.45, 7) is 3.69. The number of ether oxygens (including phenoxy) is 1. The van der Waals surface area contributed by atoms with Gasteiger partial charge in [-0.25, -0.2) is 0 Å². The van der Waals surface area contributed by atoms with Gasteiger partial charge < -0.3 is 9.64 Å². The van der Waals surface area contributed by atoms with E-state index >= 15 is 0 Å². The molecule has 2 heterocycles. The van der Waals surface area contributed by atoms with Crippen molar-refractivity contribution in [1.29, 1.82) is 0 Å². The molecule has 0 unspecified atom stereocenters. The number of anilines is 1. The first kappa shape index (κ1) is 17.2. The lowest BCUT2D eigenvalue weighted by Gasteiger charge is -2.35. The Balaban J connectivity index is 1.82. The van der Waals surface area contributed by atoms with Crippen molar-refractivity contribution >= 4 is 23.2 Å². The van der Waals surface area contributed by atoms with Gasteiger partial charge in [0.25, 0.3) is 0 Å². The van der Waals surface area contributed by atoms with Crippen molar-refractivity contribution in [3.05, 3.63) is 41.9 Å². The number of aromatic nitrogens is 2. The van der Waals surface area contributed by atoms with Gasteiger partial charge in [-0.15, -0.1) is 0 Å². The number of amides is 1. The van der Waals surface area contributed by atoms with Crippen molar-refractivity contribution in [2.24, 2.45) is 0 Å². The number of fused-ring (bicyclic) bond motifs is 1. The number of benzene rings is 1. The minimum Gasteiger partial charge on any atom is -0.463 e. The van der Waals surface area contributed by atoms with Crippen LogP contribution in [-0.2, 0) is 11.2 Å². The molecule has 4 rings (SSSR count). The van der Waals surface area contributed by atoms with Crippen LogP contribution < -0.4 is 9.64 Å². The molecule has 26 heavy (non-hydrogen) atoms. The van der Waals surface area contributed by atoms with E-state index in [0.29, 0.717) is 6.04 Å². The van der Waals surface area contributed by atoms with Gasteiger partial charge in [-0.05, 0) is 44.7 Å². The number of carbonyl (C=O) groups is 1. The predicted octanol–water partition coefficient (Wildman–Crippen LogP) is 4.66. The molecule has 1 aromatic carbocycles. The van der Waals surface area contributed by atoms with Crippen molar-refractivity contribution in [2.75, 3.05) is 4.90 Å². The molecule has 0 spiro atoms. The summed E-state index contributed by atoms with van der Waals surface area (Å²) in [6, 6.07) is 4.74. The van der Waals surface area contributed by atoms with Crippen LogP contribution in [0.5, 0.6) is 5.75 Å². The maximum absolute atomic E-state index is 12.2. The Morgan fingerprint density at radius 3 is 2.85 bits per heavy atom. The molecule has 0 saturated heterocycles. The van der Waals surface area contributed by atoms with Gasteiger partial charge in [0, 0.05) is 41.4 Å². The molecule has 0 N–H and O–H groups in total. The van der Waals surface area contributed by atoms with Gasteiger partial charge in [0.2, 0.25) is 5.91 Å². The summed E-state index contributed by atoms with van der Waals surface area (Å²) in [5.74, 6) is 0.805. The highest BCUT2D eigenvalue weighted by molar-refractivity contribution is 6.25. The lowest BCUT2D eigenvalue weighted by molar-refractivity contribution is -0.117. The van der Waals surface area contributed by atoms with Crippen LogP contribution in [0.25, 0.3) is 11.1 Å². The highest BCUT2D eigenvalue weighted by Crippen LogP contribution is 2.44. The maximum Gasteiger partial charge on any atom is 0.224 e. The summed E-state index contributed by atoms with van der Waals surface area (Å²) in [4.78, 5) is 14.0. The molecule has 2 aromatic rings. The van der Waals surface area contributed by atoms with E-state index in [2.05, 4.69) is 18.2 Å².